The third kappa shape index (κ3) is 3.83. The minimum absolute atomic E-state index is 0.0865. The van der Waals surface area contributed by atoms with E-state index in [1.54, 1.807) is 25.1 Å². The predicted molar refractivity (Wildman–Crippen MR) is 112 cm³/mol. The number of sulfonamides is 1. The maximum Gasteiger partial charge on any atom is 0.291 e. The number of carbonyl (C=O) groups excluding carboxylic acids is 1. The number of likely N-dealkylation sites (N-methyl/N-ethyl adjacent to an activating group) is 1. The second-order valence-corrected chi connectivity index (χ2v) is 9.31. The highest BCUT2D eigenvalue weighted by molar-refractivity contribution is 7.89. The smallest absolute Gasteiger partial charge is 0.291 e. The van der Waals surface area contributed by atoms with E-state index in [1.165, 1.54) is 10.4 Å². The Bertz CT molecular complexity index is 1180. The third-order valence-corrected chi connectivity index (χ3v) is 7.17. The van der Waals surface area contributed by atoms with E-state index in [2.05, 4.69) is 5.32 Å². The van der Waals surface area contributed by atoms with Crippen LogP contribution in [0.1, 0.15) is 16.1 Å². The number of anilines is 1. The molecule has 7 nitrogen and oxygen atoms in total. The van der Waals surface area contributed by atoms with Gasteiger partial charge in [-0.2, -0.15) is 4.31 Å². The van der Waals surface area contributed by atoms with Crippen molar-refractivity contribution in [2.75, 3.05) is 38.5 Å². The summed E-state index contributed by atoms with van der Waals surface area (Å²) < 4.78 is 47.4. The number of halogens is 1. The van der Waals surface area contributed by atoms with E-state index >= 15 is 0 Å². The molecule has 3 aromatic rings. The first-order chi connectivity index (χ1) is 14.3. The van der Waals surface area contributed by atoms with Gasteiger partial charge in [-0.3, -0.25) is 4.79 Å². The summed E-state index contributed by atoms with van der Waals surface area (Å²) >= 11 is 0. The molecule has 0 atom stereocenters. The minimum atomic E-state index is -4.02. The van der Waals surface area contributed by atoms with E-state index in [-0.39, 0.29) is 24.5 Å². The third-order valence-electron chi connectivity index (χ3n) is 5.26. The Labute approximate surface area is 174 Å². The molecule has 2 heterocycles. The van der Waals surface area contributed by atoms with E-state index in [4.69, 9.17) is 4.42 Å². The molecule has 0 bridgehead atoms. The highest BCUT2D eigenvalue weighted by Crippen LogP contribution is 2.28. The molecule has 1 aliphatic heterocycles. The van der Waals surface area contributed by atoms with Crippen LogP contribution in [0.25, 0.3) is 11.0 Å². The standard InChI is InChI=1S/C21H22FN3O4S/c1-14-11-16(22)20(30(27,28)25-9-7-24(2)8-10-25)13-17(14)23-21(26)19-12-15-5-3-4-6-18(15)29-19/h3-6,11-13H,7-10H2,1-2H3,(H,23,26). The quantitative estimate of drug-likeness (QED) is 0.687. The Morgan fingerprint density at radius 3 is 2.50 bits per heavy atom. The van der Waals surface area contributed by atoms with Crippen LogP contribution in [0.2, 0.25) is 0 Å². The lowest BCUT2D eigenvalue weighted by atomic mass is 10.2. The topological polar surface area (TPSA) is 82.9 Å². The Kier molecular flexibility index (Phi) is 5.35. The van der Waals surface area contributed by atoms with Gasteiger partial charge in [0.05, 0.1) is 0 Å². The molecule has 1 saturated heterocycles. The molecule has 1 aromatic heterocycles. The molecule has 1 fully saturated rings. The summed E-state index contributed by atoms with van der Waals surface area (Å²) in [5.41, 5.74) is 1.20. The Hall–Kier alpha value is -2.75. The van der Waals surface area contributed by atoms with Crippen molar-refractivity contribution in [3.05, 3.63) is 59.6 Å². The summed E-state index contributed by atoms with van der Waals surface area (Å²) in [6, 6.07) is 11.1. The zero-order valence-electron chi connectivity index (χ0n) is 16.7. The predicted octanol–water partition coefficient (Wildman–Crippen LogP) is 3.07. The van der Waals surface area contributed by atoms with Gasteiger partial charge in [-0.05, 0) is 43.8 Å². The summed E-state index contributed by atoms with van der Waals surface area (Å²) in [6.07, 6.45) is 0. The molecule has 2 aromatic carbocycles. The number of fused-ring (bicyclic) bond motifs is 1. The summed E-state index contributed by atoms with van der Waals surface area (Å²) in [5, 5.41) is 3.42. The number of rotatable bonds is 4. The number of nitrogens with zero attached hydrogens (tertiary/aromatic N) is 2. The lowest BCUT2D eigenvalue weighted by molar-refractivity contribution is 0.0998. The van der Waals surface area contributed by atoms with E-state index in [0.717, 1.165) is 11.5 Å². The first-order valence-corrected chi connectivity index (χ1v) is 11.0. The van der Waals surface area contributed by atoms with Gasteiger partial charge in [0.25, 0.3) is 5.91 Å². The van der Waals surface area contributed by atoms with Crippen LogP contribution in [0, 0.1) is 12.7 Å². The molecule has 0 saturated carbocycles. The van der Waals surface area contributed by atoms with Crippen LogP contribution >= 0.6 is 0 Å². The van der Waals surface area contributed by atoms with Gasteiger partial charge in [-0.1, -0.05) is 18.2 Å². The van der Waals surface area contributed by atoms with Crippen LogP contribution in [0.3, 0.4) is 0 Å². The second kappa shape index (κ2) is 7.82. The molecule has 9 heteroatoms. The summed E-state index contributed by atoms with van der Waals surface area (Å²) in [5.74, 6) is -1.29. The number of piperazine rings is 1. The first-order valence-electron chi connectivity index (χ1n) is 9.54. The fourth-order valence-electron chi connectivity index (χ4n) is 3.43. The van der Waals surface area contributed by atoms with Gasteiger partial charge in [0, 0.05) is 37.3 Å². The average Bonchev–Trinajstić information content (AvgIpc) is 3.14. The zero-order chi connectivity index (χ0) is 21.5. The fraction of sp³-hybridized carbons (Fsp3) is 0.286. The Morgan fingerprint density at radius 2 is 1.80 bits per heavy atom. The fourth-order valence-corrected chi connectivity index (χ4v) is 4.92. The van der Waals surface area contributed by atoms with Crippen LogP contribution < -0.4 is 5.32 Å². The minimum Gasteiger partial charge on any atom is -0.451 e. The Balaban J connectivity index is 1.63. The molecule has 1 amide bonds. The number of aryl methyl sites for hydroxylation is 1. The number of hydrogen-bond donors (Lipinski definition) is 1. The van der Waals surface area contributed by atoms with Crippen LogP contribution in [0.4, 0.5) is 10.1 Å². The van der Waals surface area contributed by atoms with Gasteiger partial charge in [-0.25, -0.2) is 12.8 Å². The summed E-state index contributed by atoms with van der Waals surface area (Å²) in [4.78, 5) is 14.2. The lowest BCUT2D eigenvalue weighted by Gasteiger charge is -2.31. The normalized spacial score (nSPS) is 16.1. The maximum absolute atomic E-state index is 14.6. The van der Waals surface area contributed by atoms with Crippen molar-refractivity contribution in [1.29, 1.82) is 0 Å². The molecule has 0 unspecified atom stereocenters. The number of carbonyl (C=O) groups is 1. The van der Waals surface area contributed by atoms with E-state index in [1.807, 2.05) is 24.1 Å². The number of benzene rings is 2. The van der Waals surface area contributed by atoms with Gasteiger partial charge in [0.15, 0.2) is 5.76 Å². The zero-order valence-corrected chi connectivity index (χ0v) is 17.5. The van der Waals surface area contributed by atoms with Gasteiger partial charge in [0.1, 0.15) is 16.3 Å². The van der Waals surface area contributed by atoms with Crippen LogP contribution in [-0.4, -0.2) is 56.8 Å². The van der Waals surface area contributed by atoms with Crippen molar-refractivity contribution in [1.82, 2.24) is 9.21 Å². The molecular weight excluding hydrogens is 409 g/mol. The van der Waals surface area contributed by atoms with Gasteiger partial charge in [0.2, 0.25) is 10.0 Å². The molecular formula is C21H22FN3O4S. The van der Waals surface area contributed by atoms with E-state index < -0.39 is 26.6 Å². The monoisotopic (exact) mass is 431 g/mol. The number of hydrogen-bond acceptors (Lipinski definition) is 5. The van der Waals surface area contributed by atoms with Crippen molar-refractivity contribution < 1.29 is 22.0 Å². The highest BCUT2D eigenvalue weighted by atomic mass is 32.2. The van der Waals surface area contributed by atoms with Crippen molar-refractivity contribution in [2.45, 2.75) is 11.8 Å². The molecule has 4 rings (SSSR count). The van der Waals surface area contributed by atoms with Crippen molar-refractivity contribution in [3.63, 3.8) is 0 Å². The van der Waals surface area contributed by atoms with Crippen LogP contribution in [0.5, 0.6) is 0 Å². The number of furan rings is 1. The van der Waals surface area contributed by atoms with E-state index in [9.17, 15) is 17.6 Å². The van der Waals surface area contributed by atoms with Gasteiger partial charge >= 0.3 is 0 Å². The molecule has 30 heavy (non-hydrogen) atoms. The highest BCUT2D eigenvalue weighted by Gasteiger charge is 2.30. The summed E-state index contributed by atoms with van der Waals surface area (Å²) in [7, 11) is -2.11. The van der Waals surface area contributed by atoms with E-state index in [0.29, 0.717) is 24.2 Å². The average molecular weight is 431 g/mol. The van der Waals surface area contributed by atoms with Crippen LogP contribution in [0.15, 0.2) is 51.8 Å². The number of nitrogens with one attached hydrogen (secondary N) is 1. The molecule has 158 valence electrons. The Morgan fingerprint density at radius 1 is 1.10 bits per heavy atom. The van der Waals surface area contributed by atoms with Crippen LogP contribution in [-0.2, 0) is 10.0 Å². The maximum atomic E-state index is 14.6. The molecule has 0 radical (unpaired) electrons. The SMILES string of the molecule is Cc1cc(F)c(S(=O)(=O)N2CCN(C)CC2)cc1NC(=O)c1cc2ccccc2o1. The lowest BCUT2D eigenvalue weighted by Crippen LogP contribution is -2.47. The molecule has 1 aliphatic rings. The van der Waals surface area contributed by atoms with Crippen molar-refractivity contribution in [2.24, 2.45) is 0 Å². The first kappa shape index (κ1) is 20.5. The van der Waals surface area contributed by atoms with Crippen molar-refractivity contribution >= 4 is 32.6 Å². The molecule has 0 spiro atoms. The molecule has 0 aliphatic carbocycles. The number of amides is 1. The number of para-hydroxylation sites is 1. The molecule has 1 N–H and O–H groups in total. The van der Waals surface area contributed by atoms with Gasteiger partial charge in [-0.15, -0.1) is 0 Å². The largest absolute Gasteiger partial charge is 0.451 e. The van der Waals surface area contributed by atoms with Gasteiger partial charge < -0.3 is 14.6 Å². The second-order valence-electron chi connectivity index (χ2n) is 7.41. The van der Waals surface area contributed by atoms with Crippen molar-refractivity contribution in [3.8, 4) is 0 Å². The summed E-state index contributed by atoms with van der Waals surface area (Å²) in [6.45, 7) is 3.31.